The highest BCUT2D eigenvalue weighted by Crippen LogP contribution is 2.29. The van der Waals surface area contributed by atoms with Gasteiger partial charge < -0.3 is 5.32 Å². The number of nitrogens with zero attached hydrogens (tertiary/aromatic N) is 4. The molecule has 0 fully saturated rings. The van der Waals surface area contributed by atoms with Gasteiger partial charge in [0.2, 0.25) is 0 Å². The number of aryl methyl sites for hydroxylation is 1. The highest BCUT2D eigenvalue weighted by atomic mass is 16.6. The topological polar surface area (TPSA) is 103 Å². The van der Waals surface area contributed by atoms with Gasteiger partial charge in [-0.2, -0.15) is 5.10 Å². The van der Waals surface area contributed by atoms with E-state index in [1.54, 1.807) is 29.2 Å². The van der Waals surface area contributed by atoms with Crippen molar-refractivity contribution in [1.29, 1.82) is 0 Å². The smallest absolute Gasteiger partial charge is 0.271 e. The number of nitrogens with one attached hydrogen (secondary N) is 1. The molecule has 0 radical (unpaired) electrons. The Balaban J connectivity index is 1.62. The van der Waals surface area contributed by atoms with Crippen molar-refractivity contribution in [3.05, 3.63) is 87.5 Å². The van der Waals surface area contributed by atoms with E-state index in [0.717, 1.165) is 5.69 Å². The third-order valence-electron chi connectivity index (χ3n) is 4.64. The summed E-state index contributed by atoms with van der Waals surface area (Å²) in [5.74, 6) is 0.598. The van der Waals surface area contributed by atoms with E-state index in [0.29, 0.717) is 41.2 Å². The van der Waals surface area contributed by atoms with Gasteiger partial charge in [-0.3, -0.25) is 14.9 Å². The first kappa shape index (κ1) is 17.6. The van der Waals surface area contributed by atoms with Gasteiger partial charge in [0, 0.05) is 35.8 Å². The molecule has 3 aromatic rings. The van der Waals surface area contributed by atoms with Crippen LogP contribution in [0.2, 0.25) is 0 Å². The van der Waals surface area contributed by atoms with Crippen LogP contribution in [0.5, 0.6) is 0 Å². The fourth-order valence-electron chi connectivity index (χ4n) is 3.31. The van der Waals surface area contributed by atoms with Crippen LogP contribution >= 0.6 is 0 Å². The van der Waals surface area contributed by atoms with Crippen molar-refractivity contribution < 1.29 is 9.72 Å². The van der Waals surface area contributed by atoms with E-state index in [-0.39, 0.29) is 11.5 Å². The summed E-state index contributed by atoms with van der Waals surface area (Å²) in [7, 11) is 0. The minimum absolute atomic E-state index is 0.00635. The lowest BCUT2D eigenvalue weighted by Crippen LogP contribution is -2.17. The maximum Gasteiger partial charge on any atom is 0.271 e. The number of benzene rings is 1. The second-order valence-corrected chi connectivity index (χ2v) is 6.46. The number of carbonyl (C=O) groups is 1. The molecule has 0 spiro atoms. The molecular formula is C20H17N5O3. The molecule has 0 unspecified atom stereocenters. The van der Waals surface area contributed by atoms with Crippen LogP contribution in [0.15, 0.2) is 60.4 Å². The average Bonchev–Trinajstić information content (AvgIpc) is 3.05. The molecule has 140 valence electrons. The highest BCUT2D eigenvalue weighted by molar-refractivity contribution is 6.11. The Morgan fingerprint density at radius 3 is 2.82 bits per heavy atom. The first-order valence-electron chi connectivity index (χ1n) is 8.79. The second kappa shape index (κ2) is 7.07. The van der Waals surface area contributed by atoms with Crippen molar-refractivity contribution in [3.8, 4) is 5.82 Å². The van der Waals surface area contributed by atoms with Crippen molar-refractivity contribution >= 4 is 17.2 Å². The van der Waals surface area contributed by atoms with Gasteiger partial charge in [-0.05, 0) is 38.0 Å². The Kier molecular flexibility index (Phi) is 4.44. The predicted molar refractivity (Wildman–Crippen MR) is 104 cm³/mol. The number of hydrogen-bond acceptors (Lipinski definition) is 6. The number of rotatable bonds is 4. The van der Waals surface area contributed by atoms with Crippen molar-refractivity contribution in [2.75, 3.05) is 5.32 Å². The first-order valence-corrected chi connectivity index (χ1v) is 8.79. The Hall–Kier alpha value is -3.81. The molecule has 1 aliphatic rings. The van der Waals surface area contributed by atoms with Crippen LogP contribution in [0.3, 0.4) is 0 Å². The summed E-state index contributed by atoms with van der Waals surface area (Å²) in [5, 5.41) is 18.4. The van der Waals surface area contributed by atoms with E-state index >= 15 is 0 Å². The van der Waals surface area contributed by atoms with E-state index in [2.05, 4.69) is 15.4 Å². The van der Waals surface area contributed by atoms with Crippen LogP contribution in [-0.4, -0.2) is 25.5 Å². The molecule has 28 heavy (non-hydrogen) atoms. The number of pyridine rings is 1. The second-order valence-electron chi connectivity index (χ2n) is 6.46. The zero-order valence-corrected chi connectivity index (χ0v) is 15.1. The standard InChI is InChI=1S/C20H17N5O3/c1-13-19-17(24(23-13)18-7-2-3-10-21-18)9-8-14(20(19)26)12-22-15-5-4-6-16(11-15)25(27)28/h2-7,10-12,22H,8-9H2,1H3/b14-12+. The van der Waals surface area contributed by atoms with Gasteiger partial charge in [-0.15, -0.1) is 0 Å². The molecule has 1 aliphatic carbocycles. The first-order chi connectivity index (χ1) is 13.5. The van der Waals surface area contributed by atoms with Gasteiger partial charge >= 0.3 is 0 Å². The van der Waals surface area contributed by atoms with Gasteiger partial charge in [0.15, 0.2) is 11.6 Å². The Morgan fingerprint density at radius 1 is 1.21 bits per heavy atom. The molecule has 4 rings (SSSR count). The lowest BCUT2D eigenvalue weighted by Gasteiger charge is -2.16. The number of anilines is 1. The molecule has 8 nitrogen and oxygen atoms in total. The molecule has 0 saturated heterocycles. The monoisotopic (exact) mass is 375 g/mol. The number of fused-ring (bicyclic) bond motifs is 1. The van der Waals surface area contributed by atoms with Crippen LogP contribution in [0.1, 0.15) is 28.2 Å². The molecule has 2 heterocycles. The molecule has 0 amide bonds. The minimum Gasteiger partial charge on any atom is -0.361 e. The number of nitro benzene ring substituents is 1. The summed E-state index contributed by atoms with van der Waals surface area (Å²) in [5.41, 5.74) is 3.28. The molecule has 1 N–H and O–H groups in total. The third-order valence-corrected chi connectivity index (χ3v) is 4.64. The summed E-state index contributed by atoms with van der Waals surface area (Å²) in [6.45, 7) is 1.81. The van der Waals surface area contributed by atoms with Crippen LogP contribution < -0.4 is 5.32 Å². The fourth-order valence-corrected chi connectivity index (χ4v) is 3.31. The minimum atomic E-state index is -0.453. The summed E-state index contributed by atoms with van der Waals surface area (Å²) in [6.07, 6.45) is 4.52. The van der Waals surface area contributed by atoms with Crippen LogP contribution in [0, 0.1) is 17.0 Å². The predicted octanol–water partition coefficient (Wildman–Crippen LogP) is 3.61. The Morgan fingerprint density at radius 2 is 2.07 bits per heavy atom. The van der Waals surface area contributed by atoms with Gasteiger partial charge in [0.1, 0.15) is 0 Å². The van der Waals surface area contributed by atoms with Gasteiger partial charge in [0.25, 0.3) is 5.69 Å². The van der Waals surface area contributed by atoms with E-state index in [1.165, 1.54) is 12.1 Å². The average molecular weight is 375 g/mol. The number of aromatic nitrogens is 3. The lowest BCUT2D eigenvalue weighted by molar-refractivity contribution is -0.384. The molecule has 1 aromatic carbocycles. The number of non-ortho nitro benzene ring substituents is 1. The number of nitro groups is 1. The molecule has 0 saturated carbocycles. The van der Waals surface area contributed by atoms with Gasteiger partial charge in [0.05, 0.1) is 21.9 Å². The number of hydrogen-bond donors (Lipinski definition) is 1. The number of carbonyl (C=O) groups excluding carboxylic acids is 1. The van der Waals surface area contributed by atoms with Crippen LogP contribution in [0.25, 0.3) is 5.82 Å². The van der Waals surface area contributed by atoms with Crippen molar-refractivity contribution in [2.24, 2.45) is 0 Å². The quantitative estimate of drug-likeness (QED) is 0.424. The van der Waals surface area contributed by atoms with Crippen molar-refractivity contribution in [2.45, 2.75) is 19.8 Å². The third kappa shape index (κ3) is 3.16. The van der Waals surface area contributed by atoms with Gasteiger partial charge in [-0.1, -0.05) is 12.1 Å². The summed E-state index contributed by atoms with van der Waals surface area (Å²) < 4.78 is 1.73. The molecule has 0 bridgehead atoms. The van der Waals surface area contributed by atoms with E-state index in [4.69, 9.17) is 0 Å². The van der Waals surface area contributed by atoms with Crippen molar-refractivity contribution in [1.82, 2.24) is 14.8 Å². The number of Topliss-reactive ketones (excluding diaryl/α,β-unsaturated/α-hetero) is 1. The fraction of sp³-hybridized carbons (Fsp3) is 0.150. The zero-order chi connectivity index (χ0) is 19.7. The maximum atomic E-state index is 13.0. The Bertz CT molecular complexity index is 1100. The van der Waals surface area contributed by atoms with Crippen molar-refractivity contribution in [3.63, 3.8) is 0 Å². The van der Waals surface area contributed by atoms with Crippen LogP contribution in [-0.2, 0) is 6.42 Å². The molecular weight excluding hydrogens is 358 g/mol. The van der Waals surface area contributed by atoms with E-state index < -0.39 is 4.92 Å². The number of ketones is 1. The molecule has 2 aromatic heterocycles. The SMILES string of the molecule is Cc1nn(-c2ccccn2)c2c1C(=O)/C(=C/Nc1cccc([N+](=O)[O-])c1)CC2. The summed E-state index contributed by atoms with van der Waals surface area (Å²) >= 11 is 0. The Labute approximate surface area is 160 Å². The normalized spacial score (nSPS) is 14.8. The number of allylic oxidation sites excluding steroid dienone is 1. The molecule has 8 heteroatoms. The summed E-state index contributed by atoms with van der Waals surface area (Å²) in [4.78, 5) is 27.8. The van der Waals surface area contributed by atoms with E-state index in [9.17, 15) is 14.9 Å². The maximum absolute atomic E-state index is 13.0. The van der Waals surface area contributed by atoms with Crippen LogP contribution in [0.4, 0.5) is 11.4 Å². The molecule has 0 atom stereocenters. The lowest BCUT2D eigenvalue weighted by atomic mass is 9.90. The largest absolute Gasteiger partial charge is 0.361 e. The highest BCUT2D eigenvalue weighted by Gasteiger charge is 2.29. The van der Waals surface area contributed by atoms with E-state index in [1.807, 2.05) is 25.1 Å². The molecule has 0 aliphatic heterocycles. The van der Waals surface area contributed by atoms with Gasteiger partial charge in [-0.25, -0.2) is 9.67 Å². The zero-order valence-electron chi connectivity index (χ0n) is 15.1. The summed E-state index contributed by atoms with van der Waals surface area (Å²) in [6, 6.07) is 11.7.